The third-order valence-electron chi connectivity index (χ3n) is 4.32. The van der Waals surface area contributed by atoms with Crippen LogP contribution in [0.4, 0.5) is 0 Å². The van der Waals surface area contributed by atoms with E-state index in [1.54, 1.807) is 18.7 Å². The molecule has 25 heavy (non-hydrogen) atoms. The molecule has 3 heterocycles. The molecule has 1 aromatic carbocycles. The molecular weight excluding hydrogens is 316 g/mol. The molecule has 0 radical (unpaired) electrons. The monoisotopic (exact) mass is 334 g/mol. The number of benzene rings is 1. The Hall–Kier alpha value is -2.99. The normalized spacial score (nSPS) is 16.2. The highest BCUT2D eigenvalue weighted by Gasteiger charge is 2.26. The maximum Gasteiger partial charge on any atom is 0.272 e. The van der Waals surface area contributed by atoms with Gasteiger partial charge in [0.05, 0.1) is 25.2 Å². The van der Waals surface area contributed by atoms with Gasteiger partial charge in [-0.2, -0.15) is 0 Å². The number of hydrogen-bond acceptors (Lipinski definition) is 4. The van der Waals surface area contributed by atoms with Gasteiger partial charge >= 0.3 is 0 Å². The highest BCUT2D eigenvalue weighted by atomic mass is 16.5. The molecule has 6 heteroatoms. The molecule has 1 aliphatic rings. The van der Waals surface area contributed by atoms with Crippen molar-refractivity contribution in [3.63, 3.8) is 0 Å². The number of carbonyl (C=O) groups excluding carboxylic acids is 1. The van der Waals surface area contributed by atoms with Gasteiger partial charge in [-0.3, -0.25) is 9.78 Å². The summed E-state index contributed by atoms with van der Waals surface area (Å²) in [4.78, 5) is 20.7. The average Bonchev–Trinajstić information content (AvgIpc) is 3.11. The summed E-state index contributed by atoms with van der Waals surface area (Å²) in [6.07, 6.45) is 5.11. The van der Waals surface area contributed by atoms with Crippen molar-refractivity contribution in [2.75, 3.05) is 0 Å². The van der Waals surface area contributed by atoms with Crippen LogP contribution in [0, 0.1) is 0 Å². The number of nitrogens with zero attached hydrogens (tertiary/aromatic N) is 3. The third kappa shape index (κ3) is 3.29. The summed E-state index contributed by atoms with van der Waals surface area (Å²) in [5.41, 5.74) is 3.38. The number of aromatic nitrogens is 3. The number of rotatable bonds is 4. The van der Waals surface area contributed by atoms with E-state index in [0.717, 1.165) is 16.8 Å². The fraction of sp³-hybridized carbons (Fsp3) is 0.211. The minimum absolute atomic E-state index is 0.0179. The Morgan fingerprint density at radius 2 is 2.00 bits per heavy atom. The van der Waals surface area contributed by atoms with Gasteiger partial charge < -0.3 is 14.6 Å². The predicted molar refractivity (Wildman–Crippen MR) is 91.6 cm³/mol. The fourth-order valence-corrected chi connectivity index (χ4v) is 2.95. The molecule has 126 valence electrons. The van der Waals surface area contributed by atoms with Crippen molar-refractivity contribution in [1.29, 1.82) is 0 Å². The first-order valence-corrected chi connectivity index (χ1v) is 8.19. The Labute approximate surface area is 145 Å². The van der Waals surface area contributed by atoms with Crippen LogP contribution in [0.1, 0.15) is 33.4 Å². The molecule has 1 aliphatic heterocycles. The molecule has 1 N–H and O–H groups in total. The van der Waals surface area contributed by atoms with E-state index >= 15 is 0 Å². The minimum Gasteiger partial charge on any atom is -0.365 e. The third-order valence-corrected chi connectivity index (χ3v) is 4.32. The first-order valence-electron chi connectivity index (χ1n) is 8.19. The first kappa shape index (κ1) is 15.5. The van der Waals surface area contributed by atoms with Crippen LogP contribution in [-0.4, -0.2) is 20.4 Å². The highest BCUT2D eigenvalue weighted by Crippen LogP contribution is 2.27. The molecule has 0 aliphatic carbocycles. The van der Waals surface area contributed by atoms with E-state index in [0.29, 0.717) is 25.4 Å². The Kier molecular flexibility index (Phi) is 4.26. The van der Waals surface area contributed by atoms with Crippen LogP contribution >= 0.6 is 0 Å². The number of amides is 1. The second-order valence-corrected chi connectivity index (χ2v) is 5.94. The SMILES string of the molecule is O=C(NCc1ccncc1)c1ncn2c1COC(c1ccccc1)C2. The second-order valence-electron chi connectivity index (χ2n) is 5.94. The van der Waals surface area contributed by atoms with Gasteiger partial charge in [-0.1, -0.05) is 30.3 Å². The van der Waals surface area contributed by atoms with Gasteiger partial charge in [0.2, 0.25) is 0 Å². The molecule has 1 atom stereocenters. The quantitative estimate of drug-likeness (QED) is 0.796. The van der Waals surface area contributed by atoms with Crippen LogP contribution in [0.5, 0.6) is 0 Å². The smallest absolute Gasteiger partial charge is 0.272 e. The highest BCUT2D eigenvalue weighted by molar-refractivity contribution is 5.93. The summed E-state index contributed by atoms with van der Waals surface area (Å²) in [6.45, 7) is 1.47. The lowest BCUT2D eigenvalue weighted by Gasteiger charge is -2.25. The molecule has 0 saturated heterocycles. The largest absolute Gasteiger partial charge is 0.365 e. The number of nitrogens with one attached hydrogen (secondary N) is 1. The van der Waals surface area contributed by atoms with E-state index in [-0.39, 0.29) is 12.0 Å². The molecule has 6 nitrogen and oxygen atoms in total. The summed E-state index contributed by atoms with van der Waals surface area (Å²) in [5.74, 6) is -0.188. The number of ether oxygens (including phenoxy) is 1. The van der Waals surface area contributed by atoms with Gasteiger partial charge in [0.15, 0.2) is 5.69 Å². The van der Waals surface area contributed by atoms with Crippen molar-refractivity contribution in [1.82, 2.24) is 19.9 Å². The Balaban J connectivity index is 1.45. The molecule has 0 saturated carbocycles. The van der Waals surface area contributed by atoms with Crippen molar-refractivity contribution in [2.45, 2.75) is 25.8 Å². The van der Waals surface area contributed by atoms with E-state index in [4.69, 9.17) is 4.74 Å². The van der Waals surface area contributed by atoms with Crippen LogP contribution in [0.2, 0.25) is 0 Å². The van der Waals surface area contributed by atoms with Crippen LogP contribution in [0.25, 0.3) is 0 Å². The lowest BCUT2D eigenvalue weighted by Crippen LogP contribution is -2.27. The van der Waals surface area contributed by atoms with E-state index in [9.17, 15) is 4.79 Å². The van der Waals surface area contributed by atoms with E-state index in [2.05, 4.69) is 27.4 Å². The van der Waals surface area contributed by atoms with Crippen LogP contribution in [0.3, 0.4) is 0 Å². The summed E-state index contributed by atoms with van der Waals surface area (Å²) in [7, 11) is 0. The molecule has 0 fully saturated rings. The predicted octanol–water partition coefficient (Wildman–Crippen LogP) is 2.48. The maximum atomic E-state index is 12.4. The van der Waals surface area contributed by atoms with E-state index in [1.165, 1.54) is 0 Å². The zero-order valence-corrected chi connectivity index (χ0v) is 13.6. The van der Waals surface area contributed by atoms with Crippen molar-refractivity contribution in [3.05, 3.63) is 83.7 Å². The zero-order chi connectivity index (χ0) is 17.1. The first-order chi connectivity index (χ1) is 12.3. The number of imidazole rings is 1. The molecule has 0 spiro atoms. The van der Waals surface area contributed by atoms with Crippen molar-refractivity contribution >= 4 is 5.91 Å². The van der Waals surface area contributed by atoms with Crippen molar-refractivity contribution < 1.29 is 9.53 Å². The number of carbonyl (C=O) groups is 1. The molecule has 3 aromatic rings. The van der Waals surface area contributed by atoms with Crippen molar-refractivity contribution in [3.8, 4) is 0 Å². The molecular formula is C19H18N4O2. The van der Waals surface area contributed by atoms with E-state index in [1.807, 2.05) is 34.9 Å². The van der Waals surface area contributed by atoms with Crippen LogP contribution in [-0.2, 0) is 24.4 Å². The minimum atomic E-state index is -0.188. The Morgan fingerprint density at radius 1 is 1.20 bits per heavy atom. The van der Waals surface area contributed by atoms with Gasteiger partial charge in [-0.05, 0) is 23.3 Å². The zero-order valence-electron chi connectivity index (χ0n) is 13.6. The van der Waals surface area contributed by atoms with Crippen molar-refractivity contribution in [2.24, 2.45) is 0 Å². The van der Waals surface area contributed by atoms with Gasteiger partial charge in [-0.15, -0.1) is 0 Å². The van der Waals surface area contributed by atoms with Gasteiger partial charge in [-0.25, -0.2) is 4.98 Å². The number of hydrogen-bond donors (Lipinski definition) is 1. The summed E-state index contributed by atoms with van der Waals surface area (Å²) < 4.78 is 7.96. The van der Waals surface area contributed by atoms with Gasteiger partial charge in [0.25, 0.3) is 5.91 Å². The average molecular weight is 334 g/mol. The number of fused-ring (bicyclic) bond motifs is 1. The lowest BCUT2D eigenvalue weighted by atomic mass is 10.1. The van der Waals surface area contributed by atoms with Crippen LogP contribution < -0.4 is 5.32 Å². The Morgan fingerprint density at radius 3 is 2.80 bits per heavy atom. The topological polar surface area (TPSA) is 69.0 Å². The summed E-state index contributed by atoms with van der Waals surface area (Å²) in [5, 5.41) is 2.90. The second kappa shape index (κ2) is 6.86. The number of pyridine rings is 1. The summed E-state index contributed by atoms with van der Waals surface area (Å²) in [6, 6.07) is 13.8. The van der Waals surface area contributed by atoms with E-state index < -0.39 is 0 Å². The standard InChI is InChI=1S/C19H18N4O2/c24-19(21-10-14-6-8-20-9-7-14)18-16-12-25-17(11-23(16)13-22-18)15-4-2-1-3-5-15/h1-9,13,17H,10-12H2,(H,21,24). The van der Waals surface area contributed by atoms with Crippen LogP contribution in [0.15, 0.2) is 61.2 Å². The Bertz CT molecular complexity index is 862. The van der Waals surface area contributed by atoms with Gasteiger partial charge in [0.1, 0.15) is 6.10 Å². The molecule has 2 aromatic heterocycles. The molecule has 1 amide bonds. The summed E-state index contributed by atoms with van der Waals surface area (Å²) >= 11 is 0. The fourth-order valence-electron chi connectivity index (χ4n) is 2.95. The molecule has 4 rings (SSSR count). The molecule has 0 bridgehead atoms. The lowest BCUT2D eigenvalue weighted by molar-refractivity contribution is 0.00257. The van der Waals surface area contributed by atoms with Gasteiger partial charge in [0, 0.05) is 18.9 Å². The maximum absolute atomic E-state index is 12.4. The molecule has 1 unspecified atom stereocenters.